The standard InChI is InChI=1S/C15H12Cl2N2/c1-19(10-11-3-2-4-13(16)7-11)14-6-5-12(9-18)15(17)8-14/h2-8H,10H2,1H3. The summed E-state index contributed by atoms with van der Waals surface area (Å²) in [6.07, 6.45) is 0. The number of nitriles is 1. The van der Waals surface area contributed by atoms with Crippen molar-refractivity contribution in [1.29, 1.82) is 5.26 Å². The molecule has 2 rings (SSSR count). The van der Waals surface area contributed by atoms with Gasteiger partial charge in [0, 0.05) is 24.3 Å². The third kappa shape index (κ3) is 3.41. The summed E-state index contributed by atoms with van der Waals surface area (Å²) in [5.74, 6) is 0. The molecule has 0 spiro atoms. The second-order valence-corrected chi connectivity index (χ2v) is 5.11. The van der Waals surface area contributed by atoms with Crippen molar-refractivity contribution in [2.45, 2.75) is 6.54 Å². The third-order valence-electron chi connectivity index (χ3n) is 2.82. The molecule has 4 heteroatoms. The number of anilines is 1. The Morgan fingerprint density at radius 3 is 2.58 bits per heavy atom. The Morgan fingerprint density at radius 1 is 1.16 bits per heavy atom. The molecule has 0 saturated carbocycles. The van der Waals surface area contributed by atoms with Crippen molar-refractivity contribution < 1.29 is 0 Å². The van der Waals surface area contributed by atoms with E-state index in [1.54, 1.807) is 12.1 Å². The summed E-state index contributed by atoms with van der Waals surface area (Å²) in [7, 11) is 1.97. The molecule has 0 aromatic heterocycles. The maximum atomic E-state index is 8.85. The van der Waals surface area contributed by atoms with Gasteiger partial charge in [0.2, 0.25) is 0 Å². The molecule has 2 nitrogen and oxygen atoms in total. The smallest absolute Gasteiger partial charge is 0.101 e. The number of nitrogens with zero attached hydrogens (tertiary/aromatic N) is 2. The third-order valence-corrected chi connectivity index (χ3v) is 3.37. The van der Waals surface area contributed by atoms with Crippen LogP contribution in [-0.4, -0.2) is 7.05 Å². The monoisotopic (exact) mass is 290 g/mol. The van der Waals surface area contributed by atoms with Crippen LogP contribution in [0, 0.1) is 11.3 Å². The van der Waals surface area contributed by atoms with Gasteiger partial charge in [-0.05, 0) is 35.9 Å². The Balaban J connectivity index is 2.18. The summed E-state index contributed by atoms with van der Waals surface area (Å²) >= 11 is 12.0. The zero-order valence-electron chi connectivity index (χ0n) is 10.4. The molecule has 0 aliphatic carbocycles. The van der Waals surface area contributed by atoms with Gasteiger partial charge in [-0.2, -0.15) is 5.26 Å². The fourth-order valence-electron chi connectivity index (χ4n) is 1.83. The Kier molecular flexibility index (Phi) is 4.31. The lowest BCUT2D eigenvalue weighted by Crippen LogP contribution is -2.16. The maximum absolute atomic E-state index is 8.85. The Bertz CT molecular complexity index is 632. The van der Waals surface area contributed by atoms with Crippen LogP contribution in [-0.2, 0) is 6.54 Å². The normalized spacial score (nSPS) is 10.0. The van der Waals surface area contributed by atoms with Gasteiger partial charge < -0.3 is 4.90 Å². The highest BCUT2D eigenvalue weighted by Gasteiger charge is 2.06. The maximum Gasteiger partial charge on any atom is 0.101 e. The van der Waals surface area contributed by atoms with Crippen LogP contribution < -0.4 is 4.90 Å². The topological polar surface area (TPSA) is 27.0 Å². The Labute approximate surface area is 122 Å². The van der Waals surface area contributed by atoms with Crippen molar-refractivity contribution in [3.05, 3.63) is 63.6 Å². The number of halogens is 2. The van der Waals surface area contributed by atoms with Gasteiger partial charge in [-0.3, -0.25) is 0 Å². The fourth-order valence-corrected chi connectivity index (χ4v) is 2.26. The van der Waals surface area contributed by atoms with Gasteiger partial charge in [0.05, 0.1) is 10.6 Å². The fraction of sp³-hybridized carbons (Fsp3) is 0.133. The van der Waals surface area contributed by atoms with E-state index >= 15 is 0 Å². The minimum absolute atomic E-state index is 0.470. The second-order valence-electron chi connectivity index (χ2n) is 4.26. The van der Waals surface area contributed by atoms with Crippen molar-refractivity contribution in [3.8, 4) is 6.07 Å². The summed E-state index contributed by atoms with van der Waals surface area (Å²) in [6.45, 7) is 0.725. The average molecular weight is 291 g/mol. The summed E-state index contributed by atoms with van der Waals surface area (Å²) in [6, 6.07) is 15.2. The molecule has 2 aromatic carbocycles. The largest absolute Gasteiger partial charge is 0.370 e. The van der Waals surface area contributed by atoms with E-state index in [1.165, 1.54) is 0 Å². The van der Waals surface area contributed by atoms with Crippen molar-refractivity contribution >= 4 is 28.9 Å². The van der Waals surface area contributed by atoms with Crippen molar-refractivity contribution in [1.82, 2.24) is 0 Å². The van der Waals surface area contributed by atoms with Crippen LogP contribution in [0.5, 0.6) is 0 Å². The molecule has 0 radical (unpaired) electrons. The summed E-state index contributed by atoms with van der Waals surface area (Å²) in [5, 5.41) is 10.0. The van der Waals surface area contributed by atoms with E-state index in [9.17, 15) is 0 Å². The van der Waals surface area contributed by atoms with E-state index in [-0.39, 0.29) is 0 Å². The van der Waals surface area contributed by atoms with E-state index in [1.807, 2.05) is 37.4 Å². The Hall–Kier alpha value is -1.69. The number of hydrogen-bond acceptors (Lipinski definition) is 2. The average Bonchev–Trinajstić information content (AvgIpc) is 2.38. The molecule has 0 bridgehead atoms. The van der Waals surface area contributed by atoms with Gasteiger partial charge in [0.25, 0.3) is 0 Å². The minimum atomic E-state index is 0.470. The first kappa shape index (κ1) is 13.7. The van der Waals surface area contributed by atoms with E-state index in [2.05, 4.69) is 11.0 Å². The van der Waals surface area contributed by atoms with Gasteiger partial charge in [-0.1, -0.05) is 35.3 Å². The molecule has 2 aromatic rings. The van der Waals surface area contributed by atoms with E-state index in [0.29, 0.717) is 10.6 Å². The predicted molar refractivity (Wildman–Crippen MR) is 79.7 cm³/mol. The zero-order valence-corrected chi connectivity index (χ0v) is 11.9. The van der Waals surface area contributed by atoms with E-state index < -0.39 is 0 Å². The number of rotatable bonds is 3. The molecule has 0 aliphatic rings. The lowest BCUT2D eigenvalue weighted by atomic mass is 10.2. The van der Waals surface area contributed by atoms with Crippen LogP contribution in [0.3, 0.4) is 0 Å². The first-order valence-electron chi connectivity index (χ1n) is 5.75. The van der Waals surface area contributed by atoms with Gasteiger partial charge in [0.1, 0.15) is 6.07 Å². The zero-order chi connectivity index (χ0) is 13.8. The first-order chi connectivity index (χ1) is 9.10. The van der Waals surface area contributed by atoms with Crippen molar-refractivity contribution in [2.24, 2.45) is 0 Å². The molecular formula is C15H12Cl2N2. The summed E-state index contributed by atoms with van der Waals surface area (Å²) < 4.78 is 0. The molecule has 0 unspecified atom stereocenters. The second kappa shape index (κ2) is 5.97. The van der Waals surface area contributed by atoms with Gasteiger partial charge >= 0.3 is 0 Å². The van der Waals surface area contributed by atoms with Gasteiger partial charge in [-0.15, -0.1) is 0 Å². The van der Waals surface area contributed by atoms with Gasteiger partial charge in [0.15, 0.2) is 0 Å². The van der Waals surface area contributed by atoms with E-state index in [4.69, 9.17) is 28.5 Å². The highest BCUT2D eigenvalue weighted by molar-refractivity contribution is 6.32. The van der Waals surface area contributed by atoms with Crippen LogP contribution in [0.1, 0.15) is 11.1 Å². The molecular weight excluding hydrogens is 279 g/mol. The molecule has 0 aliphatic heterocycles. The van der Waals surface area contributed by atoms with Crippen LogP contribution in [0.15, 0.2) is 42.5 Å². The molecule has 0 heterocycles. The summed E-state index contributed by atoms with van der Waals surface area (Å²) in [4.78, 5) is 2.05. The number of hydrogen-bond donors (Lipinski definition) is 0. The Morgan fingerprint density at radius 2 is 1.95 bits per heavy atom. The van der Waals surface area contributed by atoms with Gasteiger partial charge in [-0.25, -0.2) is 0 Å². The predicted octanol–water partition coefficient (Wildman–Crippen LogP) is 4.50. The molecule has 96 valence electrons. The van der Waals surface area contributed by atoms with Crippen LogP contribution in [0.25, 0.3) is 0 Å². The molecule has 19 heavy (non-hydrogen) atoms. The molecule has 0 amide bonds. The molecule has 0 fully saturated rings. The number of benzene rings is 2. The molecule has 0 saturated heterocycles. The van der Waals surface area contributed by atoms with Crippen LogP contribution in [0.4, 0.5) is 5.69 Å². The lowest BCUT2D eigenvalue weighted by molar-refractivity contribution is 0.923. The lowest BCUT2D eigenvalue weighted by Gasteiger charge is -2.20. The van der Waals surface area contributed by atoms with Crippen LogP contribution >= 0.6 is 23.2 Å². The first-order valence-corrected chi connectivity index (χ1v) is 6.51. The quantitative estimate of drug-likeness (QED) is 0.832. The van der Waals surface area contributed by atoms with E-state index in [0.717, 1.165) is 22.8 Å². The van der Waals surface area contributed by atoms with Crippen molar-refractivity contribution in [2.75, 3.05) is 11.9 Å². The van der Waals surface area contributed by atoms with Crippen molar-refractivity contribution in [3.63, 3.8) is 0 Å². The highest BCUT2D eigenvalue weighted by atomic mass is 35.5. The minimum Gasteiger partial charge on any atom is -0.370 e. The highest BCUT2D eigenvalue weighted by Crippen LogP contribution is 2.24. The summed E-state index contributed by atoms with van der Waals surface area (Å²) in [5.41, 5.74) is 2.57. The SMILES string of the molecule is CN(Cc1cccc(Cl)c1)c1ccc(C#N)c(Cl)c1. The van der Waals surface area contributed by atoms with Crippen LogP contribution in [0.2, 0.25) is 10.0 Å². The molecule has 0 atom stereocenters. The molecule has 0 N–H and O–H groups in total.